The Morgan fingerprint density at radius 1 is 1.17 bits per heavy atom. The Hall–Kier alpha value is -1.27. The molecule has 0 aliphatic rings. The molecular weight excluding hydrogens is 361 g/mol. The number of para-hydroxylation sites is 1. The summed E-state index contributed by atoms with van der Waals surface area (Å²) in [6.07, 6.45) is 0. The summed E-state index contributed by atoms with van der Waals surface area (Å²) in [4.78, 5) is 4.33. The van der Waals surface area contributed by atoms with Crippen LogP contribution in [0, 0.1) is 3.57 Å². The van der Waals surface area contributed by atoms with Crippen molar-refractivity contribution in [1.82, 2.24) is 9.55 Å². The van der Waals surface area contributed by atoms with Gasteiger partial charge >= 0.3 is 0 Å². The molecule has 90 valence electrons. The molecule has 0 aliphatic heterocycles. The molecule has 0 radical (unpaired) electrons. The largest absolute Gasteiger partial charge is 0.369 e. The van der Waals surface area contributed by atoms with Crippen LogP contribution >= 0.6 is 34.2 Å². The molecule has 5 heteroatoms. The molecule has 0 aliphatic carbocycles. The summed E-state index contributed by atoms with van der Waals surface area (Å²) in [5.74, 6) is 0.445. The Bertz CT molecular complexity index is 736. The third-order valence-corrected chi connectivity index (χ3v) is 3.70. The number of fused-ring (bicyclic) bond motifs is 1. The van der Waals surface area contributed by atoms with Gasteiger partial charge in [0.05, 0.1) is 21.7 Å². The van der Waals surface area contributed by atoms with Crippen molar-refractivity contribution in [3.8, 4) is 5.69 Å². The molecule has 0 spiro atoms. The van der Waals surface area contributed by atoms with Crippen LogP contribution in [-0.2, 0) is 0 Å². The highest BCUT2D eigenvalue weighted by Crippen LogP contribution is 2.29. The lowest BCUT2D eigenvalue weighted by Gasteiger charge is -2.07. The van der Waals surface area contributed by atoms with E-state index in [2.05, 4.69) is 27.6 Å². The summed E-state index contributed by atoms with van der Waals surface area (Å²) in [5, 5.41) is 0.649. The van der Waals surface area contributed by atoms with Crippen molar-refractivity contribution in [3.05, 3.63) is 51.1 Å². The number of halogens is 2. The van der Waals surface area contributed by atoms with Crippen LogP contribution in [0.4, 0.5) is 5.95 Å². The second kappa shape index (κ2) is 4.44. The van der Waals surface area contributed by atoms with E-state index in [9.17, 15) is 0 Å². The topological polar surface area (TPSA) is 43.8 Å². The van der Waals surface area contributed by atoms with Crippen molar-refractivity contribution in [2.24, 2.45) is 0 Å². The zero-order valence-electron chi connectivity index (χ0n) is 9.27. The lowest BCUT2D eigenvalue weighted by Crippen LogP contribution is -2.00. The second-order valence-electron chi connectivity index (χ2n) is 3.89. The molecule has 2 N–H and O–H groups in total. The Kier molecular flexibility index (Phi) is 2.91. The Morgan fingerprint density at radius 3 is 2.72 bits per heavy atom. The maximum atomic E-state index is 6.25. The Morgan fingerprint density at radius 2 is 1.94 bits per heavy atom. The number of hydrogen-bond donors (Lipinski definition) is 1. The highest BCUT2D eigenvalue weighted by atomic mass is 127. The summed E-state index contributed by atoms with van der Waals surface area (Å²) < 4.78 is 3.01. The SMILES string of the molecule is Nc1nc2cccc(Cl)c2n1-c1cccc(I)c1. The summed E-state index contributed by atoms with van der Waals surface area (Å²) in [6.45, 7) is 0. The number of aromatic nitrogens is 2. The fourth-order valence-corrected chi connectivity index (χ4v) is 2.76. The summed E-state index contributed by atoms with van der Waals surface area (Å²) in [6, 6.07) is 13.7. The van der Waals surface area contributed by atoms with Crippen molar-refractivity contribution >= 4 is 51.2 Å². The lowest BCUT2D eigenvalue weighted by atomic mass is 10.3. The highest BCUT2D eigenvalue weighted by Gasteiger charge is 2.12. The van der Waals surface area contributed by atoms with Crippen LogP contribution in [-0.4, -0.2) is 9.55 Å². The van der Waals surface area contributed by atoms with Crippen molar-refractivity contribution in [3.63, 3.8) is 0 Å². The van der Waals surface area contributed by atoms with Gasteiger partial charge in [-0.3, -0.25) is 4.57 Å². The van der Waals surface area contributed by atoms with E-state index >= 15 is 0 Å². The summed E-state index contributed by atoms with van der Waals surface area (Å²) >= 11 is 8.51. The predicted octanol–water partition coefficient (Wildman–Crippen LogP) is 3.87. The van der Waals surface area contributed by atoms with Crippen molar-refractivity contribution in [1.29, 1.82) is 0 Å². The number of anilines is 1. The minimum atomic E-state index is 0.445. The van der Waals surface area contributed by atoms with E-state index in [0.717, 1.165) is 20.3 Å². The van der Waals surface area contributed by atoms with Crippen molar-refractivity contribution in [2.45, 2.75) is 0 Å². The molecule has 0 amide bonds. The fraction of sp³-hybridized carbons (Fsp3) is 0. The number of nitrogens with two attached hydrogens (primary N) is 1. The molecule has 18 heavy (non-hydrogen) atoms. The minimum absolute atomic E-state index is 0.445. The van der Waals surface area contributed by atoms with Gasteiger partial charge in [0.1, 0.15) is 0 Å². The predicted molar refractivity (Wildman–Crippen MR) is 83.2 cm³/mol. The fourth-order valence-electron chi connectivity index (χ4n) is 1.98. The molecule has 0 fully saturated rings. The molecule has 3 rings (SSSR count). The van der Waals surface area contributed by atoms with Gasteiger partial charge in [-0.1, -0.05) is 23.7 Å². The van der Waals surface area contributed by atoms with Crippen LogP contribution < -0.4 is 5.73 Å². The normalized spacial score (nSPS) is 11.0. The average Bonchev–Trinajstić information content (AvgIpc) is 2.67. The zero-order chi connectivity index (χ0) is 12.7. The van der Waals surface area contributed by atoms with Crippen LogP contribution in [0.15, 0.2) is 42.5 Å². The second-order valence-corrected chi connectivity index (χ2v) is 5.55. The van der Waals surface area contributed by atoms with Gasteiger partial charge in [0.15, 0.2) is 0 Å². The standard InChI is InChI=1S/C13H9ClIN3/c14-10-5-2-6-11-12(10)18(13(16)17-11)9-4-1-3-8(15)7-9/h1-7H,(H2,16,17). The Labute approximate surface area is 123 Å². The van der Waals surface area contributed by atoms with Gasteiger partial charge < -0.3 is 5.73 Å². The number of nitrogen functional groups attached to an aromatic ring is 1. The molecule has 1 aromatic heterocycles. The molecule has 0 atom stereocenters. The number of nitrogens with zero attached hydrogens (tertiary/aromatic N) is 2. The molecule has 1 heterocycles. The van der Waals surface area contributed by atoms with E-state index in [4.69, 9.17) is 17.3 Å². The first-order chi connectivity index (χ1) is 8.66. The number of rotatable bonds is 1. The highest BCUT2D eigenvalue weighted by molar-refractivity contribution is 14.1. The first-order valence-electron chi connectivity index (χ1n) is 5.35. The first-order valence-corrected chi connectivity index (χ1v) is 6.81. The number of hydrogen-bond acceptors (Lipinski definition) is 2. The van der Waals surface area contributed by atoms with Gasteiger partial charge in [-0.05, 0) is 52.9 Å². The van der Waals surface area contributed by atoms with Gasteiger partial charge in [0.2, 0.25) is 5.95 Å². The quantitative estimate of drug-likeness (QED) is 0.662. The first kappa shape index (κ1) is 11.8. The van der Waals surface area contributed by atoms with Crippen LogP contribution in [0.2, 0.25) is 5.02 Å². The molecule has 2 aromatic carbocycles. The van der Waals surface area contributed by atoms with Gasteiger partial charge in [-0.25, -0.2) is 4.98 Å². The maximum Gasteiger partial charge on any atom is 0.205 e. The number of imidazole rings is 1. The molecule has 0 saturated carbocycles. The van der Waals surface area contributed by atoms with Crippen LogP contribution in [0.1, 0.15) is 0 Å². The van der Waals surface area contributed by atoms with Gasteiger partial charge in [0.25, 0.3) is 0 Å². The van der Waals surface area contributed by atoms with Gasteiger partial charge in [-0.15, -0.1) is 0 Å². The third-order valence-electron chi connectivity index (χ3n) is 2.72. The maximum absolute atomic E-state index is 6.25. The smallest absolute Gasteiger partial charge is 0.205 e. The van der Waals surface area contributed by atoms with Gasteiger partial charge in [-0.2, -0.15) is 0 Å². The molecular formula is C13H9ClIN3. The molecule has 0 bridgehead atoms. The monoisotopic (exact) mass is 369 g/mol. The molecule has 3 nitrogen and oxygen atoms in total. The van der Waals surface area contributed by atoms with E-state index in [1.165, 1.54) is 0 Å². The van der Waals surface area contributed by atoms with Gasteiger partial charge in [0, 0.05) is 3.57 Å². The minimum Gasteiger partial charge on any atom is -0.369 e. The van der Waals surface area contributed by atoms with Crippen molar-refractivity contribution < 1.29 is 0 Å². The number of benzene rings is 2. The van der Waals surface area contributed by atoms with E-state index in [1.807, 2.05) is 47.0 Å². The summed E-state index contributed by atoms with van der Waals surface area (Å²) in [5.41, 5.74) is 8.61. The molecule has 0 unspecified atom stereocenters. The zero-order valence-corrected chi connectivity index (χ0v) is 12.2. The van der Waals surface area contributed by atoms with E-state index < -0.39 is 0 Å². The van der Waals surface area contributed by atoms with Crippen LogP contribution in [0.3, 0.4) is 0 Å². The Balaban J connectivity index is 2.38. The lowest BCUT2D eigenvalue weighted by molar-refractivity contribution is 1.11. The third kappa shape index (κ3) is 1.85. The van der Waals surface area contributed by atoms with Crippen molar-refractivity contribution in [2.75, 3.05) is 5.73 Å². The average molecular weight is 370 g/mol. The van der Waals surface area contributed by atoms with E-state index in [0.29, 0.717) is 11.0 Å². The molecule has 3 aromatic rings. The van der Waals surface area contributed by atoms with E-state index in [1.54, 1.807) is 0 Å². The van der Waals surface area contributed by atoms with E-state index in [-0.39, 0.29) is 0 Å². The van der Waals surface area contributed by atoms with Crippen LogP contribution in [0.25, 0.3) is 16.7 Å². The summed E-state index contributed by atoms with van der Waals surface area (Å²) in [7, 11) is 0. The molecule has 0 saturated heterocycles. The van der Waals surface area contributed by atoms with Crippen LogP contribution in [0.5, 0.6) is 0 Å².